The molecule has 19 heavy (non-hydrogen) atoms. The summed E-state index contributed by atoms with van der Waals surface area (Å²) < 4.78 is 0. The van der Waals surface area contributed by atoms with Gasteiger partial charge in [0.15, 0.2) is 5.78 Å². The summed E-state index contributed by atoms with van der Waals surface area (Å²) in [5.41, 5.74) is 6.37. The van der Waals surface area contributed by atoms with Crippen molar-refractivity contribution in [3.63, 3.8) is 0 Å². The fourth-order valence-corrected chi connectivity index (χ4v) is 2.23. The molecule has 0 radical (unpaired) electrons. The Bertz CT molecular complexity index is 498. The molecule has 1 saturated heterocycles. The van der Waals surface area contributed by atoms with E-state index in [1.54, 1.807) is 29.2 Å². The van der Waals surface area contributed by atoms with Crippen molar-refractivity contribution in [2.75, 3.05) is 19.7 Å². The highest BCUT2D eigenvalue weighted by Crippen LogP contribution is 2.20. The number of carbonyl (C=O) groups excluding carboxylic acids is 2. The van der Waals surface area contributed by atoms with Crippen LogP contribution in [0.2, 0.25) is 0 Å². The average molecular weight is 262 g/mol. The van der Waals surface area contributed by atoms with Crippen LogP contribution in [0.4, 0.5) is 0 Å². The zero-order valence-corrected chi connectivity index (χ0v) is 10.9. The Morgan fingerprint density at radius 3 is 2.37 bits per heavy atom. The zero-order chi connectivity index (χ0) is 14.0. The minimum absolute atomic E-state index is 0.0265. The fraction of sp³-hybridized carbons (Fsp3) is 0.429. The van der Waals surface area contributed by atoms with Crippen molar-refractivity contribution in [3.8, 4) is 0 Å². The average Bonchev–Trinajstić information content (AvgIpc) is 2.81. The number of Topliss-reactive ketones (excluding diaryl/α,β-unsaturated/α-hetero) is 1. The monoisotopic (exact) mass is 262 g/mol. The first kappa shape index (κ1) is 13.7. The van der Waals surface area contributed by atoms with E-state index in [4.69, 9.17) is 5.73 Å². The molecule has 1 atom stereocenters. The summed E-state index contributed by atoms with van der Waals surface area (Å²) >= 11 is 0. The van der Waals surface area contributed by atoms with Gasteiger partial charge in [-0.3, -0.25) is 9.59 Å². The summed E-state index contributed by atoms with van der Waals surface area (Å²) in [6.07, 6.45) is 0.598. The van der Waals surface area contributed by atoms with Crippen LogP contribution in [-0.2, 0) is 0 Å². The Labute approximate surface area is 112 Å². The summed E-state index contributed by atoms with van der Waals surface area (Å²) in [6.45, 7) is 2.27. The van der Waals surface area contributed by atoms with Gasteiger partial charge in [0.25, 0.3) is 5.91 Å². The van der Waals surface area contributed by atoms with Crippen LogP contribution in [0.25, 0.3) is 0 Å². The molecular weight excluding hydrogens is 244 g/mol. The van der Waals surface area contributed by atoms with Crippen LogP contribution in [0.1, 0.15) is 34.1 Å². The number of amides is 1. The molecule has 0 spiro atoms. The molecule has 1 unspecified atom stereocenters. The fourth-order valence-electron chi connectivity index (χ4n) is 2.23. The SMILES string of the molecule is CC(=O)c1ccc(C(=O)N2CCC(N)(CO)C2)cc1. The number of rotatable bonds is 3. The number of aliphatic hydroxyl groups excluding tert-OH is 1. The van der Waals surface area contributed by atoms with Crippen LogP contribution in [0, 0.1) is 0 Å². The second-order valence-electron chi connectivity index (χ2n) is 5.13. The third kappa shape index (κ3) is 2.83. The number of aliphatic hydroxyl groups is 1. The van der Waals surface area contributed by atoms with Crippen molar-refractivity contribution in [2.45, 2.75) is 18.9 Å². The lowest BCUT2D eigenvalue weighted by molar-refractivity contribution is 0.0775. The topological polar surface area (TPSA) is 83.6 Å². The molecule has 1 aliphatic heterocycles. The van der Waals surface area contributed by atoms with Crippen molar-refractivity contribution in [2.24, 2.45) is 5.73 Å². The molecule has 0 aromatic heterocycles. The zero-order valence-electron chi connectivity index (χ0n) is 10.9. The minimum atomic E-state index is -0.686. The lowest BCUT2D eigenvalue weighted by atomic mass is 10.0. The molecule has 2 rings (SSSR count). The molecule has 1 heterocycles. The normalized spacial score (nSPS) is 22.6. The quantitative estimate of drug-likeness (QED) is 0.773. The molecule has 0 saturated carbocycles. The molecular formula is C14H18N2O3. The number of nitrogens with two attached hydrogens (primary N) is 1. The first-order valence-corrected chi connectivity index (χ1v) is 6.25. The highest BCUT2D eigenvalue weighted by molar-refractivity contribution is 5.97. The first-order valence-electron chi connectivity index (χ1n) is 6.25. The third-order valence-corrected chi connectivity index (χ3v) is 3.53. The van der Waals surface area contributed by atoms with Gasteiger partial charge in [-0.05, 0) is 25.5 Å². The van der Waals surface area contributed by atoms with E-state index in [1.165, 1.54) is 6.92 Å². The lowest BCUT2D eigenvalue weighted by Crippen LogP contribution is -2.46. The van der Waals surface area contributed by atoms with Gasteiger partial charge < -0.3 is 15.7 Å². The number of likely N-dealkylation sites (tertiary alicyclic amines) is 1. The van der Waals surface area contributed by atoms with Crippen molar-refractivity contribution < 1.29 is 14.7 Å². The van der Waals surface area contributed by atoms with Gasteiger partial charge in [-0.15, -0.1) is 0 Å². The van der Waals surface area contributed by atoms with Gasteiger partial charge in [0, 0.05) is 24.2 Å². The Morgan fingerprint density at radius 1 is 1.32 bits per heavy atom. The Balaban J connectivity index is 2.10. The highest BCUT2D eigenvalue weighted by atomic mass is 16.3. The van der Waals surface area contributed by atoms with Gasteiger partial charge in [-0.2, -0.15) is 0 Å². The van der Waals surface area contributed by atoms with Crippen LogP contribution in [-0.4, -0.2) is 46.9 Å². The third-order valence-electron chi connectivity index (χ3n) is 3.53. The number of hydrogen-bond acceptors (Lipinski definition) is 4. The number of hydrogen-bond donors (Lipinski definition) is 2. The van der Waals surface area contributed by atoms with Crippen LogP contribution >= 0.6 is 0 Å². The van der Waals surface area contributed by atoms with E-state index < -0.39 is 5.54 Å². The van der Waals surface area contributed by atoms with Crippen LogP contribution < -0.4 is 5.73 Å². The minimum Gasteiger partial charge on any atom is -0.394 e. The van der Waals surface area contributed by atoms with E-state index in [-0.39, 0.29) is 18.3 Å². The molecule has 1 aromatic carbocycles. The second-order valence-corrected chi connectivity index (χ2v) is 5.13. The summed E-state index contributed by atoms with van der Waals surface area (Å²) in [6, 6.07) is 6.59. The first-order chi connectivity index (χ1) is 8.95. The van der Waals surface area contributed by atoms with Crippen molar-refractivity contribution in [3.05, 3.63) is 35.4 Å². The standard InChI is InChI=1S/C14H18N2O3/c1-10(18)11-2-4-12(5-3-11)13(19)16-7-6-14(15,8-16)9-17/h2-5,17H,6-9,15H2,1H3. The van der Waals surface area contributed by atoms with E-state index in [9.17, 15) is 14.7 Å². The van der Waals surface area contributed by atoms with E-state index in [0.29, 0.717) is 30.6 Å². The Morgan fingerprint density at radius 2 is 1.89 bits per heavy atom. The number of ketones is 1. The number of carbonyl (C=O) groups is 2. The molecule has 1 amide bonds. The molecule has 1 fully saturated rings. The van der Waals surface area contributed by atoms with E-state index in [2.05, 4.69) is 0 Å². The van der Waals surface area contributed by atoms with Gasteiger partial charge in [0.05, 0.1) is 12.1 Å². The largest absolute Gasteiger partial charge is 0.394 e. The van der Waals surface area contributed by atoms with E-state index in [0.717, 1.165) is 0 Å². The molecule has 1 aromatic rings. The van der Waals surface area contributed by atoms with Crippen molar-refractivity contribution in [1.29, 1.82) is 0 Å². The van der Waals surface area contributed by atoms with Crippen LogP contribution in [0.3, 0.4) is 0 Å². The molecule has 1 aliphatic rings. The van der Waals surface area contributed by atoms with E-state index >= 15 is 0 Å². The van der Waals surface area contributed by atoms with Gasteiger partial charge in [-0.1, -0.05) is 12.1 Å². The highest BCUT2D eigenvalue weighted by Gasteiger charge is 2.36. The maximum Gasteiger partial charge on any atom is 0.253 e. The summed E-state index contributed by atoms with van der Waals surface area (Å²) in [7, 11) is 0. The van der Waals surface area contributed by atoms with Crippen LogP contribution in [0.15, 0.2) is 24.3 Å². The smallest absolute Gasteiger partial charge is 0.253 e. The van der Waals surface area contributed by atoms with Gasteiger partial charge in [0.2, 0.25) is 0 Å². The molecule has 5 heteroatoms. The second kappa shape index (κ2) is 5.11. The molecule has 0 aliphatic carbocycles. The maximum atomic E-state index is 12.2. The molecule has 5 nitrogen and oxygen atoms in total. The van der Waals surface area contributed by atoms with Gasteiger partial charge in [0.1, 0.15) is 0 Å². The van der Waals surface area contributed by atoms with E-state index in [1.807, 2.05) is 0 Å². The molecule has 102 valence electrons. The summed E-state index contributed by atoms with van der Waals surface area (Å²) in [4.78, 5) is 25.0. The molecule has 3 N–H and O–H groups in total. The number of nitrogens with zero attached hydrogens (tertiary/aromatic N) is 1. The summed E-state index contributed by atoms with van der Waals surface area (Å²) in [5.74, 6) is -0.141. The van der Waals surface area contributed by atoms with Crippen molar-refractivity contribution >= 4 is 11.7 Å². The Kier molecular flexibility index (Phi) is 3.68. The van der Waals surface area contributed by atoms with Gasteiger partial charge in [-0.25, -0.2) is 0 Å². The molecule has 0 bridgehead atoms. The maximum absolute atomic E-state index is 12.2. The van der Waals surface area contributed by atoms with Gasteiger partial charge >= 0.3 is 0 Å². The summed E-state index contributed by atoms with van der Waals surface area (Å²) in [5, 5.41) is 9.19. The van der Waals surface area contributed by atoms with Crippen LogP contribution in [0.5, 0.6) is 0 Å². The Hall–Kier alpha value is -1.72. The van der Waals surface area contributed by atoms with Crippen molar-refractivity contribution in [1.82, 2.24) is 4.90 Å². The predicted molar refractivity (Wildman–Crippen MR) is 71.0 cm³/mol. The number of benzene rings is 1. The predicted octanol–water partition coefficient (Wildman–Crippen LogP) is 0.425. The lowest BCUT2D eigenvalue weighted by Gasteiger charge is -2.22.